The van der Waals surface area contributed by atoms with E-state index >= 15 is 0 Å². The molecule has 6 heteroatoms. The molecule has 0 amide bonds. The van der Waals surface area contributed by atoms with Crippen molar-refractivity contribution in [3.8, 4) is 22.5 Å². The maximum atomic E-state index is 11.5. The van der Waals surface area contributed by atoms with E-state index in [4.69, 9.17) is 14.8 Å². The Labute approximate surface area is 377 Å². The van der Waals surface area contributed by atoms with Gasteiger partial charge in [0.25, 0.3) is 0 Å². The molecule has 0 saturated heterocycles. The monoisotopic (exact) mass is 1120 g/mol. The number of hydrogen-bond donors (Lipinski definition) is 0. The molecule has 0 spiro atoms. The zero-order valence-electron chi connectivity index (χ0n) is 44.5. The summed E-state index contributed by atoms with van der Waals surface area (Å²) in [4.78, 5) is 32.1. The van der Waals surface area contributed by atoms with Crippen molar-refractivity contribution in [3.05, 3.63) is 133 Å². The number of Topliss-reactive ketones (excluding diaryl/α,β-unsaturated/α-hetero) is 2. The predicted molar refractivity (Wildman–Crippen MR) is 240 cm³/mol. The van der Waals surface area contributed by atoms with Crippen LogP contribution in [0, 0.1) is 23.0 Å². The first kappa shape index (κ1) is 39.6. The number of nitrogens with zero attached hydrogens (tertiary/aromatic N) is 2. The van der Waals surface area contributed by atoms with Gasteiger partial charge in [0, 0.05) is 82.6 Å². The number of aromatic nitrogens is 2. The number of pyridine rings is 2. The topological polar surface area (TPSA) is 59.9 Å². The van der Waals surface area contributed by atoms with Gasteiger partial charge in [-0.3, -0.25) is 9.59 Å². The molecular formula is C49H72Ir2N2O2-2. The van der Waals surface area contributed by atoms with Gasteiger partial charge in [-0.25, -0.2) is 0 Å². The standard InChI is InChI=1S/2C19H18N.C11H20O2.2Ir.8H2/c2*1-19(2,3)16-10-8-15(9-11-16)18-17-7-5-4-6-14(17)12-13-20-18;1-10(2,3)8(12)7-9(13)11(4,5)6;;;;;;;;;;/h2*4-8,10-13H,1-3H3;7H2,1-6H3;;;8*1H/q2*-1;;;;;;;;;;;/i;;;;;5*1+1D;3*1+1. The second-order valence-electron chi connectivity index (χ2n) is 17.8. The van der Waals surface area contributed by atoms with Crippen molar-refractivity contribution in [3.63, 3.8) is 0 Å². The number of carbonyl (C=O) groups excluding carboxylic acids is 2. The Hall–Kier alpha value is -3.66. The average molecular weight is 1120 g/mol. The minimum atomic E-state index is -0.402. The summed E-state index contributed by atoms with van der Waals surface area (Å²) in [5, 5.41) is 4.78. The van der Waals surface area contributed by atoms with Gasteiger partial charge in [0.05, 0.1) is 6.42 Å². The third-order valence-electron chi connectivity index (χ3n) is 9.21. The third-order valence-corrected chi connectivity index (χ3v) is 9.21. The quantitative estimate of drug-likeness (QED) is 0.130. The van der Waals surface area contributed by atoms with E-state index in [1.54, 1.807) is 0 Å². The van der Waals surface area contributed by atoms with E-state index in [-0.39, 0.29) is 73.3 Å². The predicted octanol–water partition coefficient (Wildman–Crippen LogP) is 14.6. The van der Waals surface area contributed by atoms with Gasteiger partial charge in [-0.05, 0) is 55.9 Å². The van der Waals surface area contributed by atoms with Gasteiger partial charge in [-0.15, -0.1) is 70.8 Å². The summed E-state index contributed by atoms with van der Waals surface area (Å²) in [6, 6.07) is 40.3. The molecule has 0 unspecified atom stereocenters. The maximum absolute atomic E-state index is 11.5. The smallest absolute Gasteiger partial charge is 0.145 e. The third kappa shape index (κ3) is 13.2. The van der Waals surface area contributed by atoms with Crippen LogP contribution in [0.15, 0.2) is 109 Å². The molecule has 4 nitrogen and oxygen atoms in total. The van der Waals surface area contributed by atoms with Crippen LogP contribution in [-0.4, -0.2) is 21.5 Å². The van der Waals surface area contributed by atoms with Crippen LogP contribution in [0.3, 0.4) is 0 Å². The summed E-state index contributed by atoms with van der Waals surface area (Å²) >= 11 is 0. The van der Waals surface area contributed by atoms with Crippen LogP contribution in [0.1, 0.15) is 120 Å². The first-order chi connectivity index (χ1) is 29.7. The van der Waals surface area contributed by atoms with Gasteiger partial charge in [-0.1, -0.05) is 132 Å². The fraction of sp³-hybridized carbons (Fsp3) is 0.347. The van der Waals surface area contributed by atoms with Gasteiger partial charge >= 0.3 is 0 Å². The van der Waals surface area contributed by atoms with Gasteiger partial charge in [0.15, 0.2) is 0 Å². The summed E-state index contributed by atoms with van der Waals surface area (Å²) in [7, 11) is 0. The Morgan fingerprint density at radius 2 is 0.873 bits per heavy atom. The fourth-order valence-electron chi connectivity index (χ4n) is 5.42. The van der Waals surface area contributed by atoms with Gasteiger partial charge in [0.2, 0.25) is 0 Å². The molecule has 6 aromatic rings. The number of rotatable bonds is 4. The fourth-order valence-corrected chi connectivity index (χ4v) is 5.42. The number of carbonyl (C=O) groups is 2. The Bertz CT molecular complexity index is 2040. The van der Waals surface area contributed by atoms with Gasteiger partial charge in [-0.2, -0.15) is 0 Å². The molecule has 2 aromatic heterocycles. The molecule has 0 N–H and O–H groups in total. The molecule has 4 aromatic carbocycles. The van der Waals surface area contributed by atoms with E-state index in [9.17, 15) is 9.59 Å². The van der Waals surface area contributed by atoms with Gasteiger partial charge in [0.1, 0.15) is 11.6 Å². The van der Waals surface area contributed by atoms with Crippen LogP contribution in [0.5, 0.6) is 0 Å². The Morgan fingerprint density at radius 3 is 1.16 bits per heavy atom. The van der Waals surface area contributed by atoms with Crippen molar-refractivity contribution in [2.45, 2.75) is 100 Å². The SMILES string of the molecule is CC(C)(C)C(=O)CC(=O)C(C)(C)C.CC(C)(C)c1c[c-]c(-c2nccc3ccccc23)cc1.CC(C)(C)c1c[c-]c(-c2nccc3ccccc23)cc1.[2HH].[2HH].[2HH].[2H][2H].[2H][2H].[2H][2H].[2H][2H].[2H][2H].[Ir].[Ir]. The van der Waals surface area contributed by atoms with Crippen molar-refractivity contribution in [1.82, 2.24) is 9.97 Å². The van der Waals surface area contributed by atoms with Gasteiger partial charge < -0.3 is 9.97 Å². The summed E-state index contributed by atoms with van der Waals surface area (Å²) < 4.78 is 50.0. The average Bonchev–Trinajstić information content (AvgIpc) is 3.28. The Kier molecular flexibility index (Phi) is 14.0. The minimum absolute atomic E-state index is 0. The van der Waals surface area contributed by atoms with Crippen LogP contribution >= 0.6 is 0 Å². The number of fused-ring (bicyclic) bond motifs is 2. The van der Waals surface area contributed by atoms with E-state index in [0.29, 0.717) is 0 Å². The van der Waals surface area contributed by atoms with Crippen molar-refractivity contribution in [1.29, 1.82) is 0 Å². The molecule has 2 radical (unpaired) electrons. The normalized spacial score (nSPS) is 12.3. The molecule has 55 heavy (non-hydrogen) atoms. The van der Waals surface area contributed by atoms with Crippen LogP contribution in [0.4, 0.5) is 0 Å². The number of ketones is 2. The van der Waals surface area contributed by atoms with Crippen molar-refractivity contribution in [2.24, 2.45) is 10.8 Å². The Balaban J connectivity index is -0.000000148. The van der Waals surface area contributed by atoms with Crippen molar-refractivity contribution >= 4 is 33.1 Å². The van der Waals surface area contributed by atoms with E-state index < -0.39 is 10.8 Å². The zero-order chi connectivity index (χ0) is 49.2. The second-order valence-corrected chi connectivity index (χ2v) is 17.8. The molecular weight excluding hydrogens is 1030 g/mol. The number of benzene rings is 4. The second kappa shape index (κ2) is 19.5. The molecule has 0 aliphatic rings. The molecule has 0 aliphatic heterocycles. The molecule has 310 valence electrons. The van der Waals surface area contributed by atoms with E-state index in [2.05, 4.69) is 149 Å². The summed E-state index contributed by atoms with van der Waals surface area (Å²) in [6.45, 7) is 24.3. The summed E-state index contributed by atoms with van der Waals surface area (Å²) in [6.07, 6.45) is 3.79. The van der Waals surface area contributed by atoms with Crippen LogP contribution < -0.4 is 0 Å². The van der Waals surface area contributed by atoms with Crippen molar-refractivity contribution in [2.75, 3.05) is 0 Å². The molecule has 0 fully saturated rings. The minimum Gasteiger partial charge on any atom is -0.304 e. The molecule has 0 atom stereocenters. The van der Waals surface area contributed by atoms with Crippen LogP contribution in [0.2, 0.25) is 0 Å². The largest absolute Gasteiger partial charge is 0.304 e. The summed E-state index contributed by atoms with van der Waals surface area (Å²) in [5.74, 6) is 0.0415. The molecule has 0 bridgehead atoms. The number of hydrogen-bond acceptors (Lipinski definition) is 4. The molecule has 0 saturated carbocycles. The Morgan fingerprint density at radius 1 is 0.527 bits per heavy atom. The van der Waals surface area contributed by atoms with E-state index in [1.807, 2.05) is 66.1 Å². The summed E-state index contributed by atoms with van der Waals surface area (Å²) in [5.41, 5.74) is 6.20. The zero-order valence-corrected chi connectivity index (χ0v) is 39.3. The molecule has 6 rings (SSSR count). The maximum Gasteiger partial charge on any atom is 0.145 e. The first-order valence-corrected chi connectivity index (χ1v) is 18.5. The van der Waals surface area contributed by atoms with E-state index in [1.165, 1.54) is 32.7 Å². The molecule has 0 aliphatic carbocycles. The van der Waals surface area contributed by atoms with Crippen LogP contribution in [0.25, 0.3) is 44.1 Å². The first-order valence-electron chi connectivity index (χ1n) is 23.5. The van der Waals surface area contributed by atoms with Crippen LogP contribution in [-0.2, 0) is 60.6 Å². The van der Waals surface area contributed by atoms with E-state index in [0.717, 1.165) is 22.5 Å². The molecule has 2 heterocycles. The van der Waals surface area contributed by atoms with Crippen molar-refractivity contribution < 1.29 is 68.9 Å².